The fourth-order valence-electron chi connectivity index (χ4n) is 2.18. The van der Waals surface area contributed by atoms with Gasteiger partial charge in [-0.05, 0) is 42.0 Å². The van der Waals surface area contributed by atoms with Crippen LogP contribution in [-0.4, -0.2) is 18.2 Å². The number of aromatic nitrogens is 1. The number of nitrogens with one attached hydrogen (secondary N) is 1. The largest absolute Gasteiger partial charge is 0.497 e. The number of rotatable bonds is 5. The summed E-state index contributed by atoms with van der Waals surface area (Å²) in [6.45, 7) is 0. The molecule has 7 heteroatoms. The van der Waals surface area contributed by atoms with E-state index in [0.29, 0.717) is 5.56 Å². The van der Waals surface area contributed by atoms with Gasteiger partial charge in [-0.2, -0.15) is 0 Å². The Morgan fingerprint density at radius 3 is 2.58 bits per heavy atom. The molecule has 0 aliphatic carbocycles. The molecule has 26 heavy (non-hydrogen) atoms. The third-order valence-corrected chi connectivity index (χ3v) is 3.51. The highest BCUT2D eigenvalue weighted by molar-refractivity contribution is 6.01. The lowest BCUT2D eigenvalue weighted by molar-refractivity contribution is -0.112. The Labute approximate surface area is 147 Å². The molecular weight excluding hydrogens is 342 g/mol. The molecule has 1 N–H and O–H groups in total. The highest BCUT2D eigenvalue weighted by atomic mass is 19.2. The standard InChI is InChI=1S/C19H14F2N2O3/c1-25-14-6-2-12(3-7-14)4-9-18(24)22-19-11-17(23-26-19)13-5-8-15(20)16(21)10-13/h2-11H,1H3,(H,22,24). The van der Waals surface area contributed by atoms with Crippen LogP contribution in [0.5, 0.6) is 5.75 Å². The van der Waals surface area contributed by atoms with Gasteiger partial charge in [0.1, 0.15) is 11.4 Å². The molecule has 0 aliphatic rings. The van der Waals surface area contributed by atoms with Crippen LogP contribution < -0.4 is 10.1 Å². The molecule has 1 amide bonds. The molecule has 1 aromatic heterocycles. The van der Waals surface area contributed by atoms with Crippen LogP contribution >= 0.6 is 0 Å². The Hall–Kier alpha value is -3.48. The van der Waals surface area contributed by atoms with E-state index in [1.54, 1.807) is 37.5 Å². The molecule has 2 aromatic carbocycles. The zero-order chi connectivity index (χ0) is 18.5. The SMILES string of the molecule is COc1ccc(C=CC(=O)Nc2cc(-c3ccc(F)c(F)c3)no2)cc1. The van der Waals surface area contributed by atoms with Crippen LogP contribution in [0.4, 0.5) is 14.7 Å². The number of halogens is 2. The summed E-state index contributed by atoms with van der Waals surface area (Å²) in [5.41, 5.74) is 1.43. The number of benzene rings is 2. The molecule has 5 nitrogen and oxygen atoms in total. The first-order chi connectivity index (χ1) is 12.5. The average Bonchev–Trinajstić information content (AvgIpc) is 3.11. The third kappa shape index (κ3) is 4.13. The molecule has 0 saturated carbocycles. The van der Waals surface area contributed by atoms with E-state index in [0.717, 1.165) is 23.4 Å². The van der Waals surface area contributed by atoms with E-state index in [2.05, 4.69) is 10.5 Å². The highest BCUT2D eigenvalue weighted by Gasteiger charge is 2.10. The molecule has 0 bridgehead atoms. The van der Waals surface area contributed by atoms with Crippen LogP contribution in [-0.2, 0) is 4.79 Å². The Morgan fingerprint density at radius 1 is 1.12 bits per heavy atom. The first kappa shape index (κ1) is 17.3. The summed E-state index contributed by atoms with van der Waals surface area (Å²) < 4.78 is 36.3. The van der Waals surface area contributed by atoms with Gasteiger partial charge in [-0.1, -0.05) is 17.3 Å². The van der Waals surface area contributed by atoms with Crippen molar-refractivity contribution in [3.05, 3.63) is 71.8 Å². The summed E-state index contributed by atoms with van der Waals surface area (Å²) in [4.78, 5) is 11.9. The minimum absolute atomic E-state index is 0.0918. The van der Waals surface area contributed by atoms with Crippen molar-refractivity contribution in [3.63, 3.8) is 0 Å². The summed E-state index contributed by atoms with van der Waals surface area (Å²) >= 11 is 0. The van der Waals surface area contributed by atoms with E-state index in [4.69, 9.17) is 9.26 Å². The van der Waals surface area contributed by atoms with E-state index in [-0.39, 0.29) is 11.6 Å². The van der Waals surface area contributed by atoms with Crippen molar-refractivity contribution in [1.82, 2.24) is 5.16 Å². The first-order valence-electron chi connectivity index (χ1n) is 7.60. The van der Waals surface area contributed by atoms with Crippen LogP contribution in [0.2, 0.25) is 0 Å². The number of amides is 1. The second-order valence-corrected chi connectivity index (χ2v) is 5.30. The minimum atomic E-state index is -0.987. The highest BCUT2D eigenvalue weighted by Crippen LogP contribution is 2.23. The van der Waals surface area contributed by atoms with Gasteiger partial charge in [-0.25, -0.2) is 8.78 Å². The fourth-order valence-corrected chi connectivity index (χ4v) is 2.18. The Morgan fingerprint density at radius 2 is 1.88 bits per heavy atom. The number of methoxy groups -OCH3 is 1. The Bertz CT molecular complexity index is 950. The maximum Gasteiger partial charge on any atom is 0.250 e. The second-order valence-electron chi connectivity index (χ2n) is 5.30. The van der Waals surface area contributed by atoms with Crippen molar-refractivity contribution in [2.24, 2.45) is 0 Å². The van der Waals surface area contributed by atoms with Crippen LogP contribution in [0.1, 0.15) is 5.56 Å². The molecule has 0 radical (unpaired) electrons. The van der Waals surface area contributed by atoms with Crippen molar-refractivity contribution < 1.29 is 22.8 Å². The van der Waals surface area contributed by atoms with Crippen LogP contribution in [0.15, 0.2) is 59.1 Å². The van der Waals surface area contributed by atoms with Gasteiger partial charge in [-0.3, -0.25) is 10.1 Å². The van der Waals surface area contributed by atoms with Gasteiger partial charge in [-0.15, -0.1) is 0 Å². The number of ether oxygens (including phenoxy) is 1. The smallest absolute Gasteiger partial charge is 0.250 e. The van der Waals surface area contributed by atoms with Gasteiger partial charge < -0.3 is 9.26 Å². The first-order valence-corrected chi connectivity index (χ1v) is 7.60. The van der Waals surface area contributed by atoms with Crippen molar-refractivity contribution in [2.75, 3.05) is 12.4 Å². The van der Waals surface area contributed by atoms with Crippen molar-refractivity contribution in [1.29, 1.82) is 0 Å². The lowest BCUT2D eigenvalue weighted by Gasteiger charge is -1.99. The molecule has 0 unspecified atom stereocenters. The van der Waals surface area contributed by atoms with Crippen molar-refractivity contribution >= 4 is 17.9 Å². The van der Waals surface area contributed by atoms with Crippen molar-refractivity contribution in [2.45, 2.75) is 0 Å². The Balaban J connectivity index is 1.65. The average molecular weight is 356 g/mol. The number of hydrogen-bond acceptors (Lipinski definition) is 4. The van der Waals surface area contributed by atoms with Gasteiger partial charge in [0.2, 0.25) is 5.88 Å². The summed E-state index contributed by atoms with van der Waals surface area (Å²) in [6.07, 6.45) is 2.96. The zero-order valence-corrected chi connectivity index (χ0v) is 13.7. The third-order valence-electron chi connectivity index (χ3n) is 3.51. The van der Waals surface area contributed by atoms with E-state index in [9.17, 15) is 13.6 Å². The lowest BCUT2D eigenvalue weighted by Crippen LogP contribution is -2.06. The maximum atomic E-state index is 13.3. The van der Waals surface area contributed by atoms with Gasteiger partial charge in [0.25, 0.3) is 5.91 Å². The summed E-state index contributed by atoms with van der Waals surface area (Å²) in [6, 6.07) is 12.0. The quantitative estimate of drug-likeness (QED) is 0.693. The summed E-state index contributed by atoms with van der Waals surface area (Å²) in [5, 5.41) is 6.23. The Kier molecular flexibility index (Phi) is 5.07. The van der Waals surface area contributed by atoms with Gasteiger partial charge in [0, 0.05) is 17.7 Å². The van der Waals surface area contributed by atoms with E-state index >= 15 is 0 Å². The maximum absolute atomic E-state index is 13.3. The normalized spacial score (nSPS) is 10.9. The summed E-state index contributed by atoms with van der Waals surface area (Å²) in [7, 11) is 1.57. The molecular formula is C19H14F2N2O3. The van der Waals surface area contributed by atoms with Crippen LogP contribution in [0.25, 0.3) is 17.3 Å². The number of carbonyl (C=O) groups is 1. The predicted molar refractivity (Wildman–Crippen MR) is 92.5 cm³/mol. The predicted octanol–water partition coefficient (Wildman–Crippen LogP) is 4.28. The molecule has 0 fully saturated rings. The molecule has 0 saturated heterocycles. The van der Waals surface area contributed by atoms with E-state index in [1.807, 2.05) is 0 Å². The topological polar surface area (TPSA) is 64.4 Å². The monoisotopic (exact) mass is 356 g/mol. The molecule has 0 atom stereocenters. The fraction of sp³-hybridized carbons (Fsp3) is 0.0526. The minimum Gasteiger partial charge on any atom is -0.497 e. The molecule has 0 aliphatic heterocycles. The molecule has 3 aromatic rings. The van der Waals surface area contributed by atoms with Gasteiger partial charge >= 0.3 is 0 Å². The molecule has 3 rings (SSSR count). The molecule has 132 valence electrons. The molecule has 0 spiro atoms. The number of carbonyl (C=O) groups excluding carboxylic acids is 1. The molecule has 1 heterocycles. The van der Waals surface area contributed by atoms with Crippen molar-refractivity contribution in [3.8, 4) is 17.0 Å². The number of nitrogens with zero attached hydrogens (tertiary/aromatic N) is 1. The van der Waals surface area contributed by atoms with Crippen LogP contribution in [0.3, 0.4) is 0 Å². The zero-order valence-electron chi connectivity index (χ0n) is 13.7. The lowest BCUT2D eigenvalue weighted by atomic mass is 10.1. The van der Waals surface area contributed by atoms with E-state index < -0.39 is 17.5 Å². The summed E-state index contributed by atoms with van der Waals surface area (Å²) in [5.74, 6) is -1.55. The van der Waals surface area contributed by atoms with Gasteiger partial charge in [0.05, 0.1) is 7.11 Å². The second kappa shape index (κ2) is 7.60. The van der Waals surface area contributed by atoms with Gasteiger partial charge in [0.15, 0.2) is 11.6 Å². The van der Waals surface area contributed by atoms with Crippen LogP contribution in [0, 0.1) is 11.6 Å². The van der Waals surface area contributed by atoms with E-state index in [1.165, 1.54) is 18.2 Å². The number of hydrogen-bond donors (Lipinski definition) is 1. The number of anilines is 1.